The Balaban J connectivity index is 2.50. The predicted octanol–water partition coefficient (Wildman–Crippen LogP) is 2.80. The monoisotopic (exact) mass is 249 g/mol. The molecule has 0 spiro atoms. The number of hydrogen-bond donors (Lipinski definition) is 0. The molecule has 0 aliphatic heterocycles. The van der Waals surface area contributed by atoms with E-state index < -0.39 is 0 Å². The van der Waals surface area contributed by atoms with Crippen molar-refractivity contribution in [2.75, 3.05) is 26.2 Å². The van der Waals surface area contributed by atoms with Gasteiger partial charge < -0.3 is 9.64 Å². The van der Waals surface area contributed by atoms with Crippen molar-refractivity contribution in [3.63, 3.8) is 0 Å². The van der Waals surface area contributed by atoms with Crippen molar-refractivity contribution in [2.24, 2.45) is 0 Å². The minimum atomic E-state index is -0.228. The van der Waals surface area contributed by atoms with E-state index in [2.05, 4.69) is 18.7 Å². The molecule has 1 rings (SSSR count). The van der Waals surface area contributed by atoms with E-state index in [1.54, 1.807) is 0 Å². The van der Waals surface area contributed by atoms with Crippen molar-refractivity contribution in [2.45, 2.75) is 27.7 Å². The normalized spacial score (nSPS) is 10.7. The van der Waals surface area contributed by atoms with E-state index in [0.717, 1.165) is 30.8 Å². The van der Waals surface area contributed by atoms with E-state index in [0.29, 0.717) is 12.2 Å². The molecule has 1 aromatic carbocycles. The van der Waals surface area contributed by atoms with Gasteiger partial charge in [-0.15, -0.1) is 0 Å². The van der Waals surface area contributed by atoms with Crippen molar-refractivity contribution in [1.82, 2.24) is 4.90 Å². The Morgan fingerprint density at radius 1 is 1.11 bits per heavy atom. The van der Waals surface area contributed by atoms with Gasteiger partial charge in [0.1, 0.15) is 6.61 Å². The Bertz CT molecular complexity index is 377. The lowest BCUT2D eigenvalue weighted by molar-refractivity contribution is 0.0466. The van der Waals surface area contributed by atoms with Gasteiger partial charge in [0.15, 0.2) is 0 Å². The Morgan fingerprint density at radius 2 is 1.67 bits per heavy atom. The largest absolute Gasteiger partial charge is 0.461 e. The highest BCUT2D eigenvalue weighted by molar-refractivity contribution is 5.89. The summed E-state index contributed by atoms with van der Waals surface area (Å²) >= 11 is 0. The number of rotatable bonds is 6. The molecule has 100 valence electrons. The van der Waals surface area contributed by atoms with Crippen LogP contribution in [-0.4, -0.2) is 37.1 Å². The Kier molecular flexibility index (Phi) is 5.86. The zero-order chi connectivity index (χ0) is 13.5. The summed E-state index contributed by atoms with van der Waals surface area (Å²) in [5.74, 6) is -0.228. The molecule has 0 heterocycles. The van der Waals surface area contributed by atoms with Crippen LogP contribution in [0, 0.1) is 13.8 Å². The first-order valence-corrected chi connectivity index (χ1v) is 6.54. The molecule has 3 nitrogen and oxygen atoms in total. The average molecular weight is 249 g/mol. The summed E-state index contributed by atoms with van der Waals surface area (Å²) in [5.41, 5.74) is 2.82. The maximum absolute atomic E-state index is 11.9. The highest BCUT2D eigenvalue weighted by Gasteiger charge is 2.08. The summed E-state index contributed by atoms with van der Waals surface area (Å²) < 4.78 is 5.29. The molecule has 0 aliphatic rings. The summed E-state index contributed by atoms with van der Waals surface area (Å²) in [6, 6.07) is 5.78. The summed E-state index contributed by atoms with van der Waals surface area (Å²) in [5, 5.41) is 0. The number of ether oxygens (including phenoxy) is 1. The van der Waals surface area contributed by atoms with Crippen LogP contribution >= 0.6 is 0 Å². The first kappa shape index (κ1) is 14.7. The molecule has 0 aliphatic carbocycles. The number of benzene rings is 1. The first-order valence-electron chi connectivity index (χ1n) is 6.54. The Labute approximate surface area is 110 Å². The molecular weight excluding hydrogens is 226 g/mol. The van der Waals surface area contributed by atoms with Crippen molar-refractivity contribution >= 4 is 5.97 Å². The van der Waals surface area contributed by atoms with Gasteiger partial charge in [0.25, 0.3) is 0 Å². The summed E-state index contributed by atoms with van der Waals surface area (Å²) in [7, 11) is 0. The maximum atomic E-state index is 11.9. The number of carbonyl (C=O) groups is 1. The second-order valence-corrected chi connectivity index (χ2v) is 4.54. The standard InChI is InChI=1S/C15H23NO2/c1-5-16(6-2)7-8-18-15(17)14-10-12(3)9-13(4)11-14/h9-11H,5-8H2,1-4H3. The van der Waals surface area contributed by atoms with Gasteiger partial charge in [0.05, 0.1) is 5.56 Å². The van der Waals surface area contributed by atoms with E-state index in [4.69, 9.17) is 4.74 Å². The van der Waals surface area contributed by atoms with Crippen molar-refractivity contribution in [3.8, 4) is 0 Å². The molecule has 3 heteroatoms. The van der Waals surface area contributed by atoms with Gasteiger partial charge in [-0.05, 0) is 39.1 Å². The average Bonchev–Trinajstić information content (AvgIpc) is 2.33. The molecule has 0 amide bonds. The van der Waals surface area contributed by atoms with Gasteiger partial charge in [0, 0.05) is 6.54 Å². The van der Waals surface area contributed by atoms with Crippen LogP contribution in [0.1, 0.15) is 35.3 Å². The van der Waals surface area contributed by atoms with Crippen LogP contribution in [0.25, 0.3) is 0 Å². The number of nitrogens with zero attached hydrogens (tertiary/aromatic N) is 1. The van der Waals surface area contributed by atoms with Gasteiger partial charge in [-0.2, -0.15) is 0 Å². The van der Waals surface area contributed by atoms with Crippen LogP contribution in [0.3, 0.4) is 0 Å². The topological polar surface area (TPSA) is 29.5 Å². The number of aryl methyl sites for hydroxylation is 2. The number of likely N-dealkylation sites (N-methyl/N-ethyl adjacent to an activating group) is 1. The quantitative estimate of drug-likeness (QED) is 0.726. The van der Waals surface area contributed by atoms with E-state index in [1.807, 2.05) is 32.0 Å². The van der Waals surface area contributed by atoms with E-state index in [9.17, 15) is 4.79 Å². The molecule has 0 aromatic heterocycles. The lowest BCUT2D eigenvalue weighted by Crippen LogP contribution is -2.27. The van der Waals surface area contributed by atoms with Crippen LogP contribution in [0.2, 0.25) is 0 Å². The zero-order valence-electron chi connectivity index (χ0n) is 11.8. The van der Waals surface area contributed by atoms with Crippen LogP contribution in [-0.2, 0) is 4.74 Å². The second-order valence-electron chi connectivity index (χ2n) is 4.54. The van der Waals surface area contributed by atoms with E-state index in [1.165, 1.54) is 0 Å². The summed E-state index contributed by atoms with van der Waals surface area (Å²) in [4.78, 5) is 14.1. The smallest absolute Gasteiger partial charge is 0.338 e. The van der Waals surface area contributed by atoms with Gasteiger partial charge in [-0.1, -0.05) is 31.0 Å². The molecule has 0 unspecified atom stereocenters. The highest BCUT2D eigenvalue weighted by atomic mass is 16.5. The molecule has 0 atom stereocenters. The van der Waals surface area contributed by atoms with Crippen LogP contribution < -0.4 is 0 Å². The molecule has 0 N–H and O–H groups in total. The van der Waals surface area contributed by atoms with E-state index in [-0.39, 0.29) is 5.97 Å². The third-order valence-electron chi connectivity index (χ3n) is 2.99. The second kappa shape index (κ2) is 7.17. The fourth-order valence-corrected chi connectivity index (χ4v) is 1.98. The maximum Gasteiger partial charge on any atom is 0.338 e. The number of hydrogen-bond acceptors (Lipinski definition) is 3. The van der Waals surface area contributed by atoms with Gasteiger partial charge in [0.2, 0.25) is 0 Å². The van der Waals surface area contributed by atoms with Crippen molar-refractivity contribution in [3.05, 3.63) is 34.9 Å². The summed E-state index contributed by atoms with van der Waals surface area (Å²) in [6.07, 6.45) is 0. The van der Waals surface area contributed by atoms with Crippen molar-refractivity contribution in [1.29, 1.82) is 0 Å². The lowest BCUT2D eigenvalue weighted by atomic mass is 10.1. The molecule has 18 heavy (non-hydrogen) atoms. The Hall–Kier alpha value is -1.35. The fraction of sp³-hybridized carbons (Fsp3) is 0.533. The molecule has 0 fully saturated rings. The molecule has 0 saturated heterocycles. The first-order chi connectivity index (χ1) is 8.56. The van der Waals surface area contributed by atoms with Crippen LogP contribution in [0.4, 0.5) is 0 Å². The van der Waals surface area contributed by atoms with Gasteiger partial charge in [-0.25, -0.2) is 4.79 Å². The van der Waals surface area contributed by atoms with Gasteiger partial charge in [-0.3, -0.25) is 0 Å². The van der Waals surface area contributed by atoms with E-state index >= 15 is 0 Å². The Morgan fingerprint density at radius 3 is 2.17 bits per heavy atom. The van der Waals surface area contributed by atoms with Crippen LogP contribution in [0.5, 0.6) is 0 Å². The third-order valence-corrected chi connectivity index (χ3v) is 2.99. The molecule has 0 bridgehead atoms. The zero-order valence-corrected chi connectivity index (χ0v) is 11.8. The number of esters is 1. The SMILES string of the molecule is CCN(CC)CCOC(=O)c1cc(C)cc(C)c1. The summed E-state index contributed by atoms with van der Waals surface area (Å²) in [6.45, 7) is 11.4. The number of carbonyl (C=O) groups excluding carboxylic acids is 1. The fourth-order valence-electron chi connectivity index (χ4n) is 1.98. The molecule has 1 aromatic rings. The molecule has 0 saturated carbocycles. The minimum absolute atomic E-state index is 0.228. The third kappa shape index (κ3) is 4.49. The van der Waals surface area contributed by atoms with Gasteiger partial charge >= 0.3 is 5.97 Å². The molecular formula is C15H23NO2. The minimum Gasteiger partial charge on any atom is -0.461 e. The lowest BCUT2D eigenvalue weighted by Gasteiger charge is -2.17. The van der Waals surface area contributed by atoms with Crippen molar-refractivity contribution < 1.29 is 9.53 Å². The highest BCUT2D eigenvalue weighted by Crippen LogP contribution is 2.10. The van der Waals surface area contributed by atoms with Crippen LogP contribution in [0.15, 0.2) is 18.2 Å². The molecule has 0 radical (unpaired) electrons. The predicted molar refractivity (Wildman–Crippen MR) is 74.0 cm³/mol.